The Balaban J connectivity index is 1.28. The molecule has 1 aliphatic carbocycles. The number of nitrogens with zero attached hydrogens (tertiary/aromatic N) is 4. The first-order chi connectivity index (χ1) is 13.3. The van der Waals surface area contributed by atoms with Crippen LogP contribution in [0.25, 0.3) is 0 Å². The van der Waals surface area contributed by atoms with Crippen molar-refractivity contribution in [3.05, 3.63) is 11.3 Å². The van der Waals surface area contributed by atoms with E-state index < -0.39 is 0 Å². The number of aromatic nitrogens is 3. The van der Waals surface area contributed by atoms with Crippen LogP contribution >= 0.6 is 0 Å². The molecule has 7 nitrogen and oxygen atoms in total. The molecular formula is C20H34N6O. The lowest BCUT2D eigenvalue weighted by molar-refractivity contribution is 0.0239. The van der Waals surface area contributed by atoms with Crippen LogP contribution in [-0.4, -0.2) is 58.6 Å². The molecule has 2 N–H and O–H groups in total. The molecule has 3 aliphatic rings. The van der Waals surface area contributed by atoms with Gasteiger partial charge in [-0.25, -0.2) is 4.68 Å². The van der Waals surface area contributed by atoms with Gasteiger partial charge in [0.2, 0.25) is 11.9 Å². The zero-order chi connectivity index (χ0) is 18.5. The summed E-state index contributed by atoms with van der Waals surface area (Å²) >= 11 is 0. The van der Waals surface area contributed by atoms with E-state index in [1.807, 2.05) is 4.68 Å². The minimum absolute atomic E-state index is 0.494. The second-order valence-electron chi connectivity index (χ2n) is 7.96. The van der Waals surface area contributed by atoms with Crippen LogP contribution < -0.4 is 10.6 Å². The Labute approximate surface area is 162 Å². The van der Waals surface area contributed by atoms with Gasteiger partial charge in [-0.2, -0.15) is 4.98 Å². The van der Waals surface area contributed by atoms with E-state index in [-0.39, 0.29) is 0 Å². The van der Waals surface area contributed by atoms with Crippen molar-refractivity contribution in [2.45, 2.75) is 70.9 Å². The van der Waals surface area contributed by atoms with Crippen molar-refractivity contribution >= 4 is 11.9 Å². The summed E-state index contributed by atoms with van der Waals surface area (Å²) in [6, 6.07) is 0.494. The van der Waals surface area contributed by atoms with Gasteiger partial charge in [-0.3, -0.25) is 4.90 Å². The van der Waals surface area contributed by atoms with Crippen LogP contribution in [0.3, 0.4) is 0 Å². The van der Waals surface area contributed by atoms with Gasteiger partial charge in [-0.1, -0.05) is 39.0 Å². The van der Waals surface area contributed by atoms with Gasteiger partial charge in [0.25, 0.3) is 0 Å². The number of fused-ring (bicyclic) bond motifs is 1. The van der Waals surface area contributed by atoms with Gasteiger partial charge >= 0.3 is 0 Å². The summed E-state index contributed by atoms with van der Waals surface area (Å²) in [6.45, 7) is 7.85. The zero-order valence-corrected chi connectivity index (χ0v) is 16.7. The maximum atomic E-state index is 5.52. The standard InChI is InChI=1S/C20H34N6O/c1-2-3-4-5-6-7-10-21-19-23-20-22-18-16(15-26(20)24-19)8-9-17(18)25-11-13-27-14-12-25/h17H,2-15H2,1H3,(H2,21,22,23,24). The summed E-state index contributed by atoms with van der Waals surface area (Å²) in [5.41, 5.74) is 2.87. The first-order valence-electron chi connectivity index (χ1n) is 10.8. The van der Waals surface area contributed by atoms with E-state index in [1.54, 1.807) is 0 Å². The van der Waals surface area contributed by atoms with E-state index in [1.165, 1.54) is 56.2 Å². The third-order valence-corrected chi connectivity index (χ3v) is 5.99. The number of ether oxygens (including phenoxy) is 1. The molecule has 0 aromatic carbocycles. The SMILES string of the molecule is CCCCCCCCNc1nc2n(n1)CC1=C(N2)C(N2CCOCC2)CC1. The van der Waals surface area contributed by atoms with E-state index >= 15 is 0 Å². The normalized spacial score (nSPS) is 22.5. The Hall–Kier alpha value is -1.60. The lowest BCUT2D eigenvalue weighted by Gasteiger charge is -2.34. The monoisotopic (exact) mass is 374 g/mol. The van der Waals surface area contributed by atoms with Crippen molar-refractivity contribution in [3.63, 3.8) is 0 Å². The van der Waals surface area contributed by atoms with Crippen LogP contribution in [0.2, 0.25) is 0 Å². The summed E-state index contributed by atoms with van der Waals surface area (Å²) in [6.07, 6.45) is 10.2. The van der Waals surface area contributed by atoms with Crippen LogP contribution in [-0.2, 0) is 11.3 Å². The minimum atomic E-state index is 0.494. The predicted molar refractivity (Wildman–Crippen MR) is 108 cm³/mol. The lowest BCUT2D eigenvalue weighted by Crippen LogP contribution is -2.44. The molecule has 1 atom stereocenters. The fourth-order valence-corrected chi connectivity index (χ4v) is 4.44. The number of hydrogen-bond donors (Lipinski definition) is 2. The van der Waals surface area contributed by atoms with E-state index in [0.717, 1.165) is 57.7 Å². The highest BCUT2D eigenvalue weighted by molar-refractivity contribution is 5.48. The molecule has 1 saturated heterocycles. The Morgan fingerprint density at radius 1 is 1.15 bits per heavy atom. The van der Waals surface area contributed by atoms with Gasteiger partial charge < -0.3 is 15.4 Å². The smallest absolute Gasteiger partial charge is 0.243 e. The predicted octanol–water partition coefficient (Wildman–Crippen LogP) is 3.22. The maximum absolute atomic E-state index is 5.52. The molecule has 27 heavy (non-hydrogen) atoms. The molecule has 2 aliphatic heterocycles. The molecule has 3 heterocycles. The quantitative estimate of drug-likeness (QED) is 0.647. The Kier molecular flexibility index (Phi) is 6.29. The van der Waals surface area contributed by atoms with E-state index in [4.69, 9.17) is 9.72 Å². The molecule has 4 rings (SSSR count). The summed E-state index contributed by atoms with van der Waals surface area (Å²) < 4.78 is 7.53. The lowest BCUT2D eigenvalue weighted by atomic mass is 10.1. The molecule has 0 amide bonds. The molecule has 0 bridgehead atoms. The van der Waals surface area contributed by atoms with Crippen molar-refractivity contribution in [2.24, 2.45) is 0 Å². The first-order valence-corrected chi connectivity index (χ1v) is 10.8. The molecule has 1 fully saturated rings. The van der Waals surface area contributed by atoms with Crippen molar-refractivity contribution in [1.29, 1.82) is 0 Å². The summed E-state index contributed by atoms with van der Waals surface area (Å²) in [4.78, 5) is 7.25. The molecule has 7 heteroatoms. The van der Waals surface area contributed by atoms with Crippen LogP contribution in [0.15, 0.2) is 11.3 Å². The third kappa shape index (κ3) is 4.46. The average Bonchev–Trinajstić information content (AvgIpc) is 3.29. The van der Waals surface area contributed by atoms with Gasteiger partial charge in [0.1, 0.15) is 0 Å². The molecule has 0 radical (unpaired) electrons. The van der Waals surface area contributed by atoms with Crippen LogP contribution in [0.1, 0.15) is 58.3 Å². The molecule has 150 valence electrons. The fourth-order valence-electron chi connectivity index (χ4n) is 4.44. The second-order valence-corrected chi connectivity index (χ2v) is 7.96. The van der Waals surface area contributed by atoms with Gasteiger partial charge in [-0.15, -0.1) is 5.10 Å². The molecule has 1 aromatic rings. The number of rotatable bonds is 9. The van der Waals surface area contributed by atoms with Crippen molar-refractivity contribution in [3.8, 4) is 0 Å². The number of morpholine rings is 1. The van der Waals surface area contributed by atoms with E-state index in [2.05, 4.69) is 27.6 Å². The Bertz CT molecular complexity index is 649. The number of hydrogen-bond acceptors (Lipinski definition) is 6. The Morgan fingerprint density at radius 3 is 2.81 bits per heavy atom. The zero-order valence-electron chi connectivity index (χ0n) is 16.7. The van der Waals surface area contributed by atoms with E-state index in [9.17, 15) is 0 Å². The van der Waals surface area contributed by atoms with Gasteiger partial charge in [0, 0.05) is 25.3 Å². The highest BCUT2D eigenvalue weighted by Gasteiger charge is 2.35. The number of anilines is 2. The molecule has 1 unspecified atom stereocenters. The maximum Gasteiger partial charge on any atom is 0.243 e. The highest BCUT2D eigenvalue weighted by Crippen LogP contribution is 2.35. The summed E-state index contributed by atoms with van der Waals surface area (Å²) in [5.74, 6) is 1.65. The van der Waals surface area contributed by atoms with Gasteiger partial charge in [0.05, 0.1) is 25.8 Å². The van der Waals surface area contributed by atoms with Crippen LogP contribution in [0, 0.1) is 0 Å². The second kappa shape index (κ2) is 9.06. The fraction of sp³-hybridized carbons (Fsp3) is 0.800. The van der Waals surface area contributed by atoms with Crippen molar-refractivity contribution < 1.29 is 4.74 Å². The van der Waals surface area contributed by atoms with Gasteiger partial charge in [0.15, 0.2) is 0 Å². The largest absolute Gasteiger partial charge is 0.379 e. The molecular weight excluding hydrogens is 340 g/mol. The van der Waals surface area contributed by atoms with Crippen LogP contribution in [0.4, 0.5) is 11.9 Å². The molecule has 1 aromatic heterocycles. The topological polar surface area (TPSA) is 67.2 Å². The highest BCUT2D eigenvalue weighted by atomic mass is 16.5. The minimum Gasteiger partial charge on any atom is -0.379 e. The summed E-state index contributed by atoms with van der Waals surface area (Å²) in [7, 11) is 0. The Morgan fingerprint density at radius 2 is 1.96 bits per heavy atom. The average molecular weight is 375 g/mol. The van der Waals surface area contributed by atoms with Crippen molar-refractivity contribution in [1.82, 2.24) is 19.7 Å². The van der Waals surface area contributed by atoms with Crippen molar-refractivity contribution in [2.75, 3.05) is 43.5 Å². The van der Waals surface area contributed by atoms with E-state index in [0.29, 0.717) is 6.04 Å². The van der Waals surface area contributed by atoms with Crippen LogP contribution in [0.5, 0.6) is 0 Å². The number of nitrogens with one attached hydrogen (secondary N) is 2. The van der Waals surface area contributed by atoms with Gasteiger partial charge in [-0.05, 0) is 24.8 Å². The number of allylic oxidation sites excluding steroid dienone is 1. The number of unbranched alkanes of at least 4 members (excludes halogenated alkanes) is 5. The first kappa shape index (κ1) is 18.7. The molecule has 0 saturated carbocycles. The molecule has 0 spiro atoms. The summed E-state index contributed by atoms with van der Waals surface area (Å²) in [5, 5.41) is 11.7. The third-order valence-electron chi connectivity index (χ3n) is 5.99.